The van der Waals surface area contributed by atoms with Gasteiger partial charge in [0.1, 0.15) is 6.17 Å². The summed E-state index contributed by atoms with van der Waals surface area (Å²) in [5, 5.41) is 2.50. The molecule has 0 heterocycles. The molecule has 0 bridgehead atoms. The SMILES string of the molecule is CCOCC(F)CNC(=O)C(C)C. The fourth-order valence-corrected chi connectivity index (χ4v) is 0.720. The van der Waals surface area contributed by atoms with Crippen LogP contribution in [0.25, 0.3) is 0 Å². The second-order valence-electron chi connectivity index (χ2n) is 3.16. The van der Waals surface area contributed by atoms with Gasteiger partial charge in [-0.1, -0.05) is 13.8 Å². The Kier molecular flexibility index (Phi) is 6.49. The molecule has 0 aromatic carbocycles. The van der Waals surface area contributed by atoms with Crippen LogP contribution >= 0.6 is 0 Å². The summed E-state index contributed by atoms with van der Waals surface area (Å²) in [6, 6.07) is 0. The van der Waals surface area contributed by atoms with Crippen molar-refractivity contribution in [1.82, 2.24) is 5.32 Å². The molecule has 1 atom stereocenters. The number of amides is 1. The zero-order valence-corrected chi connectivity index (χ0v) is 8.47. The first-order valence-electron chi connectivity index (χ1n) is 4.57. The lowest BCUT2D eigenvalue weighted by Crippen LogP contribution is -2.34. The summed E-state index contributed by atoms with van der Waals surface area (Å²) in [4.78, 5) is 11.0. The van der Waals surface area contributed by atoms with Crippen LogP contribution in [0.2, 0.25) is 0 Å². The van der Waals surface area contributed by atoms with Gasteiger partial charge >= 0.3 is 0 Å². The number of nitrogens with one attached hydrogen (secondary N) is 1. The van der Waals surface area contributed by atoms with Crippen LogP contribution in [0.5, 0.6) is 0 Å². The van der Waals surface area contributed by atoms with Crippen LogP contribution in [0.15, 0.2) is 0 Å². The molecule has 78 valence electrons. The summed E-state index contributed by atoms with van der Waals surface area (Å²) >= 11 is 0. The lowest BCUT2D eigenvalue weighted by molar-refractivity contribution is -0.124. The van der Waals surface area contributed by atoms with E-state index in [1.165, 1.54) is 0 Å². The Morgan fingerprint density at radius 3 is 2.62 bits per heavy atom. The number of hydrogen-bond donors (Lipinski definition) is 1. The fourth-order valence-electron chi connectivity index (χ4n) is 0.720. The van der Waals surface area contributed by atoms with Gasteiger partial charge in [0, 0.05) is 12.5 Å². The minimum absolute atomic E-state index is 0.0387. The fraction of sp³-hybridized carbons (Fsp3) is 0.889. The van der Waals surface area contributed by atoms with Gasteiger partial charge in [0.25, 0.3) is 0 Å². The molecule has 1 N–H and O–H groups in total. The molecule has 3 nitrogen and oxygen atoms in total. The summed E-state index contributed by atoms with van der Waals surface area (Å²) in [5.41, 5.74) is 0. The van der Waals surface area contributed by atoms with Gasteiger partial charge < -0.3 is 10.1 Å². The van der Waals surface area contributed by atoms with E-state index < -0.39 is 6.17 Å². The van der Waals surface area contributed by atoms with Crippen molar-refractivity contribution in [2.45, 2.75) is 26.9 Å². The maximum Gasteiger partial charge on any atom is 0.222 e. The normalized spacial score (nSPS) is 13.0. The van der Waals surface area contributed by atoms with E-state index in [9.17, 15) is 9.18 Å². The molecule has 1 amide bonds. The van der Waals surface area contributed by atoms with Crippen LogP contribution in [-0.2, 0) is 9.53 Å². The Labute approximate surface area is 78.6 Å². The van der Waals surface area contributed by atoms with Crippen molar-refractivity contribution < 1.29 is 13.9 Å². The summed E-state index contributed by atoms with van der Waals surface area (Å²) in [6.07, 6.45) is -1.11. The first-order valence-corrected chi connectivity index (χ1v) is 4.57. The highest BCUT2D eigenvalue weighted by Crippen LogP contribution is 1.94. The summed E-state index contributed by atoms with van der Waals surface area (Å²) < 4.78 is 17.7. The van der Waals surface area contributed by atoms with E-state index in [1.807, 2.05) is 0 Å². The number of ether oxygens (including phenoxy) is 1. The number of rotatable bonds is 6. The average Bonchev–Trinajstić information content (AvgIpc) is 2.10. The zero-order valence-electron chi connectivity index (χ0n) is 8.47. The van der Waals surface area contributed by atoms with Crippen molar-refractivity contribution in [3.63, 3.8) is 0 Å². The number of carbonyl (C=O) groups is 1. The monoisotopic (exact) mass is 191 g/mol. The van der Waals surface area contributed by atoms with Crippen molar-refractivity contribution in [2.75, 3.05) is 19.8 Å². The number of hydrogen-bond acceptors (Lipinski definition) is 2. The van der Waals surface area contributed by atoms with Crippen LogP contribution in [0, 0.1) is 5.92 Å². The summed E-state index contributed by atoms with van der Waals surface area (Å²) in [6.45, 7) is 5.93. The Hall–Kier alpha value is -0.640. The van der Waals surface area contributed by atoms with E-state index in [-0.39, 0.29) is 25.0 Å². The number of halogens is 1. The molecule has 0 fully saturated rings. The van der Waals surface area contributed by atoms with E-state index in [0.29, 0.717) is 6.61 Å². The molecular formula is C9H18FNO2. The van der Waals surface area contributed by atoms with Crippen molar-refractivity contribution in [1.29, 1.82) is 0 Å². The highest BCUT2D eigenvalue weighted by Gasteiger charge is 2.10. The third kappa shape index (κ3) is 6.51. The number of alkyl halides is 1. The Morgan fingerprint density at radius 2 is 2.15 bits per heavy atom. The van der Waals surface area contributed by atoms with Crippen molar-refractivity contribution >= 4 is 5.91 Å². The molecule has 1 unspecified atom stereocenters. The van der Waals surface area contributed by atoms with Gasteiger partial charge in [-0.2, -0.15) is 0 Å². The highest BCUT2D eigenvalue weighted by atomic mass is 19.1. The molecule has 0 aromatic heterocycles. The molecule has 0 saturated carbocycles. The molecule has 0 aromatic rings. The Bertz CT molecular complexity index is 151. The van der Waals surface area contributed by atoms with Gasteiger partial charge in [0.15, 0.2) is 0 Å². The van der Waals surface area contributed by atoms with Crippen molar-refractivity contribution in [3.05, 3.63) is 0 Å². The first-order chi connectivity index (χ1) is 6.07. The smallest absolute Gasteiger partial charge is 0.222 e. The van der Waals surface area contributed by atoms with Crippen LogP contribution in [0.3, 0.4) is 0 Å². The number of carbonyl (C=O) groups excluding carboxylic acids is 1. The Balaban J connectivity index is 3.46. The molecule has 0 aliphatic heterocycles. The third-order valence-electron chi connectivity index (χ3n) is 1.52. The predicted octanol–water partition coefficient (Wildman–Crippen LogP) is 1.13. The van der Waals surface area contributed by atoms with E-state index in [1.54, 1.807) is 20.8 Å². The van der Waals surface area contributed by atoms with E-state index in [0.717, 1.165) is 0 Å². The molecular weight excluding hydrogens is 173 g/mol. The minimum atomic E-state index is -1.11. The van der Waals surface area contributed by atoms with Gasteiger partial charge in [-0.3, -0.25) is 4.79 Å². The van der Waals surface area contributed by atoms with Gasteiger partial charge in [-0.25, -0.2) is 4.39 Å². The lowest BCUT2D eigenvalue weighted by atomic mass is 10.2. The first kappa shape index (κ1) is 12.4. The van der Waals surface area contributed by atoms with Crippen LogP contribution in [0.4, 0.5) is 4.39 Å². The quantitative estimate of drug-likeness (QED) is 0.683. The molecule has 4 heteroatoms. The third-order valence-corrected chi connectivity index (χ3v) is 1.52. The zero-order chi connectivity index (χ0) is 10.3. The van der Waals surface area contributed by atoms with Crippen LogP contribution in [-0.4, -0.2) is 31.8 Å². The molecule has 0 aliphatic rings. The molecule has 0 aliphatic carbocycles. The van der Waals surface area contributed by atoms with E-state index in [4.69, 9.17) is 4.74 Å². The van der Waals surface area contributed by atoms with Crippen molar-refractivity contribution in [3.8, 4) is 0 Å². The highest BCUT2D eigenvalue weighted by molar-refractivity contribution is 5.77. The van der Waals surface area contributed by atoms with Crippen molar-refractivity contribution in [2.24, 2.45) is 5.92 Å². The standard InChI is InChI=1S/C9H18FNO2/c1-4-13-6-8(10)5-11-9(12)7(2)3/h7-8H,4-6H2,1-3H3,(H,11,12). The molecule has 0 saturated heterocycles. The van der Waals surface area contributed by atoms with Gasteiger partial charge in [0.05, 0.1) is 13.2 Å². The maximum atomic E-state index is 12.9. The second kappa shape index (κ2) is 6.83. The van der Waals surface area contributed by atoms with E-state index >= 15 is 0 Å². The molecule has 0 spiro atoms. The molecule has 0 rings (SSSR count). The molecule has 13 heavy (non-hydrogen) atoms. The summed E-state index contributed by atoms with van der Waals surface area (Å²) in [5.74, 6) is -0.224. The topological polar surface area (TPSA) is 38.3 Å². The Morgan fingerprint density at radius 1 is 1.54 bits per heavy atom. The minimum Gasteiger partial charge on any atom is -0.379 e. The molecule has 0 radical (unpaired) electrons. The summed E-state index contributed by atoms with van der Waals surface area (Å²) in [7, 11) is 0. The van der Waals surface area contributed by atoms with Crippen LogP contribution < -0.4 is 5.32 Å². The van der Waals surface area contributed by atoms with E-state index in [2.05, 4.69) is 5.32 Å². The predicted molar refractivity (Wildman–Crippen MR) is 49.2 cm³/mol. The average molecular weight is 191 g/mol. The van der Waals surface area contributed by atoms with Gasteiger partial charge in [0.2, 0.25) is 5.91 Å². The lowest BCUT2D eigenvalue weighted by Gasteiger charge is -2.10. The maximum absolute atomic E-state index is 12.9. The second-order valence-corrected chi connectivity index (χ2v) is 3.16. The van der Waals surface area contributed by atoms with Gasteiger partial charge in [-0.05, 0) is 6.92 Å². The van der Waals surface area contributed by atoms with Gasteiger partial charge in [-0.15, -0.1) is 0 Å². The van der Waals surface area contributed by atoms with Crippen LogP contribution in [0.1, 0.15) is 20.8 Å². The largest absolute Gasteiger partial charge is 0.379 e.